The fourth-order valence-electron chi connectivity index (χ4n) is 1.07. The summed E-state index contributed by atoms with van der Waals surface area (Å²) in [5, 5.41) is 0.587. The molecule has 0 aliphatic rings. The van der Waals surface area contributed by atoms with Gasteiger partial charge in [0.05, 0.1) is 6.67 Å². The molecule has 0 saturated carbocycles. The molecular formula is C9H11BrCl2FN. The summed E-state index contributed by atoms with van der Waals surface area (Å²) in [6.45, 7) is -0.427. The van der Waals surface area contributed by atoms with Crippen molar-refractivity contribution in [3.63, 3.8) is 0 Å². The Bertz CT molecular complexity index is 296. The minimum Gasteiger partial charge on any atom is -0.324 e. The zero-order chi connectivity index (χ0) is 9.84. The molecule has 1 rings (SSSR count). The van der Waals surface area contributed by atoms with E-state index in [9.17, 15) is 4.39 Å². The molecule has 0 aromatic heterocycles. The van der Waals surface area contributed by atoms with Gasteiger partial charge in [0.15, 0.2) is 0 Å². The molecule has 1 aromatic rings. The van der Waals surface area contributed by atoms with Crippen LogP contribution in [0.15, 0.2) is 22.7 Å². The molecule has 1 aromatic carbocycles. The standard InChI is InChI=1S/C9H10BrClFN.ClH/c10-6-1-2-8(11)7(5-6)9(13)3-4-12;/h1-2,5,9H,3-4,13H2;1H/t9-;/m1./s1. The quantitative estimate of drug-likeness (QED) is 0.901. The van der Waals surface area contributed by atoms with Crippen molar-refractivity contribution in [3.05, 3.63) is 33.3 Å². The lowest BCUT2D eigenvalue weighted by Crippen LogP contribution is -2.11. The van der Waals surface area contributed by atoms with Crippen molar-refractivity contribution in [1.29, 1.82) is 0 Å². The number of rotatable bonds is 3. The predicted octanol–water partition coefficient (Wildman–Crippen LogP) is 3.88. The third kappa shape index (κ3) is 3.73. The Morgan fingerprint density at radius 1 is 1.50 bits per heavy atom. The van der Waals surface area contributed by atoms with Crippen LogP contribution in [0.3, 0.4) is 0 Å². The molecular weight excluding hydrogens is 292 g/mol. The number of benzene rings is 1. The Labute approximate surface area is 102 Å². The first-order valence-electron chi connectivity index (χ1n) is 3.91. The van der Waals surface area contributed by atoms with Gasteiger partial charge in [-0.3, -0.25) is 4.39 Å². The van der Waals surface area contributed by atoms with Gasteiger partial charge in [0.2, 0.25) is 0 Å². The largest absolute Gasteiger partial charge is 0.324 e. The highest BCUT2D eigenvalue weighted by atomic mass is 79.9. The van der Waals surface area contributed by atoms with Gasteiger partial charge in [-0.15, -0.1) is 12.4 Å². The first-order valence-corrected chi connectivity index (χ1v) is 5.08. The molecule has 1 atom stereocenters. The molecule has 1 nitrogen and oxygen atoms in total. The molecule has 80 valence electrons. The van der Waals surface area contributed by atoms with E-state index in [1.807, 2.05) is 12.1 Å². The van der Waals surface area contributed by atoms with Crippen molar-refractivity contribution in [3.8, 4) is 0 Å². The Morgan fingerprint density at radius 2 is 2.14 bits per heavy atom. The molecule has 0 radical (unpaired) electrons. The molecule has 0 saturated heterocycles. The zero-order valence-corrected chi connectivity index (χ0v) is 10.5. The molecule has 2 N–H and O–H groups in total. The Hall–Kier alpha value is 0.170. The summed E-state index contributed by atoms with van der Waals surface area (Å²) >= 11 is 9.21. The number of halogens is 4. The van der Waals surface area contributed by atoms with Gasteiger partial charge in [0, 0.05) is 15.5 Å². The van der Waals surface area contributed by atoms with Gasteiger partial charge in [-0.05, 0) is 30.2 Å². The highest BCUT2D eigenvalue weighted by Gasteiger charge is 2.09. The maximum absolute atomic E-state index is 12.0. The predicted molar refractivity (Wildman–Crippen MR) is 63.9 cm³/mol. The second kappa shape index (κ2) is 6.62. The molecule has 0 aliphatic heterocycles. The van der Waals surface area contributed by atoms with E-state index in [-0.39, 0.29) is 18.4 Å². The summed E-state index contributed by atoms with van der Waals surface area (Å²) in [6, 6.07) is 5.07. The van der Waals surface area contributed by atoms with E-state index in [4.69, 9.17) is 17.3 Å². The molecule has 14 heavy (non-hydrogen) atoms. The van der Waals surface area contributed by atoms with Crippen molar-refractivity contribution in [2.75, 3.05) is 6.67 Å². The smallest absolute Gasteiger partial charge is 0.0912 e. The van der Waals surface area contributed by atoms with E-state index in [1.54, 1.807) is 6.07 Å². The summed E-state index contributed by atoms with van der Waals surface area (Å²) in [7, 11) is 0. The van der Waals surface area contributed by atoms with Crippen molar-refractivity contribution in [2.24, 2.45) is 5.73 Å². The average Bonchev–Trinajstić information content (AvgIpc) is 2.09. The van der Waals surface area contributed by atoms with Crippen LogP contribution < -0.4 is 5.73 Å². The van der Waals surface area contributed by atoms with Gasteiger partial charge < -0.3 is 5.73 Å². The Balaban J connectivity index is 0.00000169. The second-order valence-corrected chi connectivity index (χ2v) is 4.07. The van der Waals surface area contributed by atoms with Crippen LogP contribution in [0, 0.1) is 0 Å². The van der Waals surface area contributed by atoms with Gasteiger partial charge in [0.1, 0.15) is 0 Å². The lowest BCUT2D eigenvalue weighted by Gasteiger charge is -2.11. The summed E-state index contributed by atoms with van der Waals surface area (Å²) in [6.07, 6.45) is 0.302. The topological polar surface area (TPSA) is 26.0 Å². The van der Waals surface area contributed by atoms with Crippen molar-refractivity contribution < 1.29 is 4.39 Å². The third-order valence-electron chi connectivity index (χ3n) is 1.78. The van der Waals surface area contributed by atoms with Crippen LogP contribution in [-0.4, -0.2) is 6.67 Å². The maximum Gasteiger partial charge on any atom is 0.0912 e. The lowest BCUT2D eigenvalue weighted by molar-refractivity contribution is 0.442. The van der Waals surface area contributed by atoms with Crippen LogP contribution in [0.4, 0.5) is 4.39 Å². The van der Waals surface area contributed by atoms with E-state index in [1.165, 1.54) is 0 Å². The van der Waals surface area contributed by atoms with Crippen LogP contribution in [0.1, 0.15) is 18.0 Å². The van der Waals surface area contributed by atoms with E-state index < -0.39 is 6.67 Å². The SMILES string of the molecule is Cl.N[C@H](CCF)c1cc(Br)ccc1Cl. The highest BCUT2D eigenvalue weighted by Crippen LogP contribution is 2.26. The number of hydrogen-bond acceptors (Lipinski definition) is 1. The van der Waals surface area contributed by atoms with E-state index >= 15 is 0 Å². The summed E-state index contributed by atoms with van der Waals surface area (Å²) in [5.41, 5.74) is 6.52. The van der Waals surface area contributed by atoms with Crippen molar-refractivity contribution >= 4 is 39.9 Å². The van der Waals surface area contributed by atoms with Crippen LogP contribution in [0.2, 0.25) is 5.02 Å². The summed E-state index contributed by atoms with van der Waals surface area (Å²) in [5.74, 6) is 0. The lowest BCUT2D eigenvalue weighted by atomic mass is 10.1. The highest BCUT2D eigenvalue weighted by molar-refractivity contribution is 9.10. The normalized spacial score (nSPS) is 12.0. The molecule has 0 unspecified atom stereocenters. The van der Waals surface area contributed by atoms with E-state index in [0.717, 1.165) is 10.0 Å². The van der Waals surface area contributed by atoms with Crippen molar-refractivity contribution in [2.45, 2.75) is 12.5 Å². The Morgan fingerprint density at radius 3 is 2.71 bits per heavy atom. The van der Waals surface area contributed by atoms with Gasteiger partial charge in [-0.25, -0.2) is 0 Å². The van der Waals surface area contributed by atoms with E-state index in [0.29, 0.717) is 11.4 Å². The van der Waals surface area contributed by atoms with Crippen LogP contribution in [0.5, 0.6) is 0 Å². The average molecular weight is 303 g/mol. The first kappa shape index (κ1) is 14.2. The van der Waals surface area contributed by atoms with Crippen molar-refractivity contribution in [1.82, 2.24) is 0 Å². The first-order chi connectivity index (χ1) is 6.15. The van der Waals surface area contributed by atoms with E-state index in [2.05, 4.69) is 15.9 Å². The third-order valence-corrected chi connectivity index (χ3v) is 2.62. The van der Waals surface area contributed by atoms with Gasteiger partial charge >= 0.3 is 0 Å². The maximum atomic E-state index is 12.0. The molecule has 0 bridgehead atoms. The van der Waals surface area contributed by atoms with Crippen LogP contribution in [-0.2, 0) is 0 Å². The number of hydrogen-bond donors (Lipinski definition) is 1. The molecule has 0 aliphatic carbocycles. The number of alkyl halides is 1. The number of nitrogens with two attached hydrogens (primary N) is 1. The van der Waals surface area contributed by atoms with Gasteiger partial charge in [0.25, 0.3) is 0 Å². The monoisotopic (exact) mass is 301 g/mol. The second-order valence-electron chi connectivity index (χ2n) is 2.75. The molecule has 0 amide bonds. The minimum atomic E-state index is -0.427. The summed E-state index contributed by atoms with van der Waals surface area (Å²) in [4.78, 5) is 0. The molecule has 5 heteroatoms. The Kier molecular flexibility index (Phi) is 6.70. The fourth-order valence-corrected chi connectivity index (χ4v) is 1.71. The fraction of sp³-hybridized carbons (Fsp3) is 0.333. The van der Waals surface area contributed by atoms with Crippen LogP contribution >= 0.6 is 39.9 Å². The molecule has 0 spiro atoms. The molecule has 0 fully saturated rings. The molecule has 0 heterocycles. The van der Waals surface area contributed by atoms with Gasteiger partial charge in [-0.1, -0.05) is 27.5 Å². The zero-order valence-electron chi connectivity index (χ0n) is 7.34. The summed E-state index contributed by atoms with van der Waals surface area (Å²) < 4.78 is 12.9. The van der Waals surface area contributed by atoms with Crippen LogP contribution in [0.25, 0.3) is 0 Å². The van der Waals surface area contributed by atoms with Gasteiger partial charge in [-0.2, -0.15) is 0 Å². The minimum absolute atomic E-state index is 0.